The van der Waals surface area contributed by atoms with Crippen molar-refractivity contribution in [2.75, 3.05) is 11.1 Å². The molecule has 1 amide bonds. The van der Waals surface area contributed by atoms with Crippen molar-refractivity contribution in [1.29, 1.82) is 0 Å². The standard InChI is InChI=1S/C24H19FN6O2S/c25-17-10-8-15(9-11-17)12-31-23-22(29-30-31)24(33)28-20(27-23)13-34-14-21(32)26-19-7-3-5-16-4-1-2-6-18(16)19/h1-11H,12-14H2,(H,26,32)(H,27,28,33). The lowest BCUT2D eigenvalue weighted by Crippen LogP contribution is -2.16. The van der Waals surface area contributed by atoms with Gasteiger partial charge in [-0.15, -0.1) is 16.9 Å². The summed E-state index contributed by atoms with van der Waals surface area (Å²) in [6.45, 7) is 0.299. The second-order valence-electron chi connectivity index (χ2n) is 7.63. The number of anilines is 1. The van der Waals surface area contributed by atoms with E-state index in [2.05, 4.69) is 25.6 Å². The zero-order chi connectivity index (χ0) is 23.5. The molecule has 0 aliphatic carbocycles. The second-order valence-corrected chi connectivity index (χ2v) is 8.61. The molecule has 0 fully saturated rings. The monoisotopic (exact) mass is 474 g/mol. The maximum atomic E-state index is 13.2. The van der Waals surface area contributed by atoms with Gasteiger partial charge in [0.25, 0.3) is 5.56 Å². The summed E-state index contributed by atoms with van der Waals surface area (Å²) in [6, 6.07) is 19.6. The number of rotatable bonds is 7. The van der Waals surface area contributed by atoms with Crippen LogP contribution in [0.2, 0.25) is 0 Å². The number of benzene rings is 3. The van der Waals surface area contributed by atoms with Crippen molar-refractivity contribution in [3.8, 4) is 0 Å². The maximum absolute atomic E-state index is 13.2. The largest absolute Gasteiger partial charge is 0.325 e. The van der Waals surface area contributed by atoms with Gasteiger partial charge in [-0.2, -0.15) is 0 Å². The van der Waals surface area contributed by atoms with Crippen LogP contribution in [-0.2, 0) is 17.1 Å². The van der Waals surface area contributed by atoms with Gasteiger partial charge >= 0.3 is 0 Å². The van der Waals surface area contributed by atoms with Crippen LogP contribution < -0.4 is 10.9 Å². The van der Waals surface area contributed by atoms with Crippen molar-refractivity contribution in [1.82, 2.24) is 25.0 Å². The third-order valence-electron chi connectivity index (χ3n) is 5.20. The average molecular weight is 475 g/mol. The summed E-state index contributed by atoms with van der Waals surface area (Å²) in [5, 5.41) is 12.9. The molecule has 0 aliphatic heterocycles. The van der Waals surface area contributed by atoms with E-state index < -0.39 is 5.56 Å². The van der Waals surface area contributed by atoms with Crippen molar-refractivity contribution in [3.05, 3.63) is 94.3 Å². The number of nitrogens with one attached hydrogen (secondary N) is 2. The molecule has 5 rings (SSSR count). The van der Waals surface area contributed by atoms with Crippen LogP contribution in [0.3, 0.4) is 0 Å². The molecule has 0 aliphatic rings. The zero-order valence-electron chi connectivity index (χ0n) is 17.9. The van der Waals surface area contributed by atoms with Gasteiger partial charge in [0.15, 0.2) is 11.2 Å². The number of fused-ring (bicyclic) bond motifs is 2. The fourth-order valence-corrected chi connectivity index (χ4v) is 4.30. The highest BCUT2D eigenvalue weighted by atomic mass is 32.2. The van der Waals surface area contributed by atoms with Crippen LogP contribution in [-0.4, -0.2) is 36.6 Å². The zero-order valence-corrected chi connectivity index (χ0v) is 18.7. The summed E-state index contributed by atoms with van der Waals surface area (Å²) in [7, 11) is 0. The van der Waals surface area contributed by atoms with Gasteiger partial charge in [0, 0.05) is 11.1 Å². The molecule has 0 unspecified atom stereocenters. The Bertz CT molecular complexity index is 1540. The van der Waals surface area contributed by atoms with E-state index in [0.29, 0.717) is 23.8 Å². The first-order valence-corrected chi connectivity index (χ1v) is 11.6. The van der Waals surface area contributed by atoms with Crippen molar-refractivity contribution >= 4 is 45.3 Å². The minimum atomic E-state index is -0.397. The number of thioether (sulfide) groups is 1. The van der Waals surface area contributed by atoms with Crippen LogP contribution in [0.5, 0.6) is 0 Å². The minimum Gasteiger partial charge on any atom is -0.325 e. The number of carbonyl (C=O) groups is 1. The minimum absolute atomic E-state index is 0.129. The molecular weight excluding hydrogens is 455 g/mol. The van der Waals surface area contributed by atoms with Crippen molar-refractivity contribution in [2.24, 2.45) is 0 Å². The number of aromatic amines is 1. The van der Waals surface area contributed by atoms with E-state index in [4.69, 9.17) is 0 Å². The van der Waals surface area contributed by atoms with Gasteiger partial charge in [-0.3, -0.25) is 9.59 Å². The van der Waals surface area contributed by atoms with E-state index in [0.717, 1.165) is 22.0 Å². The molecule has 34 heavy (non-hydrogen) atoms. The molecule has 5 aromatic rings. The van der Waals surface area contributed by atoms with Gasteiger partial charge < -0.3 is 10.3 Å². The maximum Gasteiger partial charge on any atom is 0.281 e. The number of nitrogens with zero attached hydrogens (tertiary/aromatic N) is 4. The molecule has 2 N–H and O–H groups in total. The molecule has 3 aromatic carbocycles. The topological polar surface area (TPSA) is 106 Å². The fourth-order valence-electron chi connectivity index (χ4n) is 3.61. The molecule has 0 saturated heterocycles. The lowest BCUT2D eigenvalue weighted by Gasteiger charge is -2.08. The highest BCUT2D eigenvalue weighted by Gasteiger charge is 2.13. The summed E-state index contributed by atoms with van der Waals surface area (Å²) in [6.07, 6.45) is 0. The second kappa shape index (κ2) is 9.44. The Kier molecular flexibility index (Phi) is 6.05. The molecule has 2 heterocycles. The predicted molar refractivity (Wildman–Crippen MR) is 130 cm³/mol. The van der Waals surface area contributed by atoms with Crippen LogP contribution in [0.1, 0.15) is 11.4 Å². The number of hydrogen-bond acceptors (Lipinski definition) is 6. The third-order valence-corrected chi connectivity index (χ3v) is 6.15. The first-order chi connectivity index (χ1) is 16.6. The molecule has 170 valence electrons. The normalized spacial score (nSPS) is 11.2. The van der Waals surface area contributed by atoms with Gasteiger partial charge in [-0.25, -0.2) is 14.1 Å². The summed E-state index contributed by atoms with van der Waals surface area (Å²) in [5.41, 5.74) is 1.63. The highest BCUT2D eigenvalue weighted by molar-refractivity contribution is 7.99. The van der Waals surface area contributed by atoms with Crippen LogP contribution in [0.25, 0.3) is 21.9 Å². The van der Waals surface area contributed by atoms with Crippen LogP contribution in [0, 0.1) is 5.82 Å². The Hall–Kier alpha value is -4.05. The molecule has 0 radical (unpaired) electrons. The lowest BCUT2D eigenvalue weighted by atomic mass is 10.1. The van der Waals surface area contributed by atoms with Gasteiger partial charge in [-0.1, -0.05) is 53.7 Å². The van der Waals surface area contributed by atoms with Crippen LogP contribution in [0.15, 0.2) is 71.5 Å². The van der Waals surface area contributed by atoms with E-state index in [9.17, 15) is 14.0 Å². The van der Waals surface area contributed by atoms with Crippen molar-refractivity contribution in [3.63, 3.8) is 0 Å². The quantitative estimate of drug-likeness (QED) is 0.372. The summed E-state index contributed by atoms with van der Waals surface area (Å²) in [5.74, 6) is 0.468. The van der Waals surface area contributed by atoms with Gasteiger partial charge in [0.05, 0.1) is 18.1 Å². The molecule has 0 atom stereocenters. The SMILES string of the molecule is O=C(CSCc1nc2c(nnn2Cc2ccc(F)cc2)c(=O)[nH]1)Nc1cccc2ccccc12. The summed E-state index contributed by atoms with van der Waals surface area (Å²) in [4.78, 5) is 32.1. The highest BCUT2D eigenvalue weighted by Crippen LogP contribution is 2.23. The number of carbonyl (C=O) groups excluding carboxylic acids is 1. The van der Waals surface area contributed by atoms with Crippen molar-refractivity contribution in [2.45, 2.75) is 12.3 Å². The van der Waals surface area contributed by atoms with E-state index in [1.165, 1.54) is 28.6 Å². The van der Waals surface area contributed by atoms with E-state index >= 15 is 0 Å². The van der Waals surface area contributed by atoms with Crippen molar-refractivity contribution < 1.29 is 9.18 Å². The smallest absolute Gasteiger partial charge is 0.281 e. The number of amides is 1. The van der Waals surface area contributed by atoms with Gasteiger partial charge in [-0.05, 0) is 29.1 Å². The molecule has 0 bridgehead atoms. The fraction of sp³-hybridized carbons (Fsp3) is 0.125. The van der Waals surface area contributed by atoms with Gasteiger partial charge in [0.2, 0.25) is 5.91 Å². The summed E-state index contributed by atoms with van der Waals surface area (Å²) < 4.78 is 14.7. The summed E-state index contributed by atoms with van der Waals surface area (Å²) >= 11 is 1.33. The molecule has 0 spiro atoms. The van der Waals surface area contributed by atoms with Gasteiger partial charge in [0.1, 0.15) is 11.6 Å². The molecule has 8 nitrogen and oxygen atoms in total. The first-order valence-electron chi connectivity index (χ1n) is 10.5. The third kappa shape index (κ3) is 4.67. The number of hydrogen-bond donors (Lipinski definition) is 2. The lowest BCUT2D eigenvalue weighted by molar-refractivity contribution is -0.113. The Morgan fingerprint density at radius 3 is 2.71 bits per heavy atom. The van der Waals surface area contributed by atoms with E-state index in [1.807, 2.05) is 42.5 Å². The van der Waals surface area contributed by atoms with Crippen LogP contribution in [0.4, 0.5) is 10.1 Å². The Balaban J connectivity index is 1.26. The van der Waals surface area contributed by atoms with Crippen LogP contribution >= 0.6 is 11.8 Å². The van der Waals surface area contributed by atoms with E-state index in [-0.39, 0.29) is 23.0 Å². The molecular formula is C24H19FN6O2S. The Morgan fingerprint density at radius 1 is 1.06 bits per heavy atom. The predicted octanol–water partition coefficient (Wildman–Crippen LogP) is 3.73. The molecule has 0 saturated carbocycles. The number of halogens is 1. The molecule has 10 heteroatoms. The van der Waals surface area contributed by atoms with E-state index in [1.54, 1.807) is 12.1 Å². The average Bonchev–Trinajstić information content (AvgIpc) is 3.24. The Labute approximate surface area is 197 Å². The number of H-pyrrole nitrogens is 1. The Morgan fingerprint density at radius 2 is 1.85 bits per heavy atom. The first kappa shape index (κ1) is 21.8. The molecule has 2 aromatic heterocycles. The number of aromatic nitrogens is 5.